The van der Waals surface area contributed by atoms with Crippen molar-refractivity contribution in [2.75, 3.05) is 25.5 Å². The van der Waals surface area contributed by atoms with Crippen LogP contribution in [0.15, 0.2) is 36.4 Å². The molecule has 0 atom stereocenters. The third-order valence-corrected chi connectivity index (χ3v) is 3.89. The third-order valence-electron chi connectivity index (χ3n) is 3.89. The molecule has 0 aliphatic rings. The van der Waals surface area contributed by atoms with Gasteiger partial charge < -0.3 is 15.4 Å². The summed E-state index contributed by atoms with van der Waals surface area (Å²) < 4.78 is 43.0. The Morgan fingerprint density at radius 1 is 1.03 bits per heavy atom. The molecule has 2 rings (SSSR count). The number of nitrogens with zero attached hydrogens (tertiary/aromatic N) is 2. The number of amides is 1. The van der Waals surface area contributed by atoms with Crippen LogP contribution in [0.25, 0.3) is 0 Å². The van der Waals surface area contributed by atoms with E-state index >= 15 is 0 Å². The molecule has 0 unspecified atom stereocenters. The van der Waals surface area contributed by atoms with Crippen LogP contribution in [0.1, 0.15) is 15.9 Å². The Morgan fingerprint density at radius 3 is 2.27 bits per heavy atom. The molecular weight excluding hydrogens is 413 g/mol. The average Bonchev–Trinajstić information content (AvgIpc) is 2.69. The molecule has 13 heteroatoms. The van der Waals surface area contributed by atoms with Gasteiger partial charge in [-0.2, -0.15) is 13.2 Å². The van der Waals surface area contributed by atoms with Crippen molar-refractivity contribution >= 4 is 23.0 Å². The van der Waals surface area contributed by atoms with Crippen molar-refractivity contribution in [3.63, 3.8) is 0 Å². The van der Waals surface area contributed by atoms with E-state index in [4.69, 9.17) is 4.74 Å². The summed E-state index contributed by atoms with van der Waals surface area (Å²) in [6.07, 6.45) is -4.72. The molecule has 160 valence electrons. The Kier molecular flexibility index (Phi) is 6.77. The lowest BCUT2D eigenvalue weighted by Crippen LogP contribution is -2.29. The second-order valence-corrected chi connectivity index (χ2v) is 5.81. The van der Waals surface area contributed by atoms with Crippen molar-refractivity contribution in [3.05, 3.63) is 67.8 Å². The van der Waals surface area contributed by atoms with Crippen molar-refractivity contribution in [2.45, 2.75) is 6.18 Å². The molecule has 2 N–H and O–H groups in total. The van der Waals surface area contributed by atoms with Crippen molar-refractivity contribution in [3.8, 4) is 5.75 Å². The predicted octanol–water partition coefficient (Wildman–Crippen LogP) is 3.37. The standard InChI is InChI=1S/C17H15F3N4O6/c1-30-15-5-2-10(8-14(15)24(28)29)16(25)22-7-6-21-12-4-3-11(17(18,19)20)9-13(12)23(26)27/h2-5,8-9,21H,6-7H2,1H3,(H,22,25). The van der Waals surface area contributed by atoms with E-state index in [2.05, 4.69) is 10.6 Å². The smallest absolute Gasteiger partial charge is 0.416 e. The summed E-state index contributed by atoms with van der Waals surface area (Å²) in [6, 6.07) is 5.64. The van der Waals surface area contributed by atoms with Crippen LogP contribution in [-0.2, 0) is 6.18 Å². The number of methoxy groups -OCH3 is 1. The number of nitrogens with one attached hydrogen (secondary N) is 2. The molecule has 0 radical (unpaired) electrons. The number of hydrogen-bond donors (Lipinski definition) is 2. The van der Waals surface area contributed by atoms with Gasteiger partial charge in [0.25, 0.3) is 11.6 Å². The number of nitro groups is 2. The number of hydrogen-bond acceptors (Lipinski definition) is 7. The fourth-order valence-electron chi connectivity index (χ4n) is 2.46. The van der Waals surface area contributed by atoms with Gasteiger partial charge in [-0.15, -0.1) is 0 Å². The van der Waals surface area contributed by atoms with Crippen LogP contribution in [0.3, 0.4) is 0 Å². The molecule has 1 amide bonds. The Bertz CT molecular complexity index is 980. The second kappa shape index (κ2) is 9.07. The van der Waals surface area contributed by atoms with Gasteiger partial charge in [-0.1, -0.05) is 0 Å². The van der Waals surface area contributed by atoms with Crippen molar-refractivity contribution in [1.82, 2.24) is 5.32 Å². The first-order valence-electron chi connectivity index (χ1n) is 8.24. The van der Waals surface area contributed by atoms with Crippen LogP contribution < -0.4 is 15.4 Å². The summed E-state index contributed by atoms with van der Waals surface area (Å²) in [4.78, 5) is 32.5. The topological polar surface area (TPSA) is 137 Å². The number of halogens is 3. The van der Waals surface area contributed by atoms with E-state index < -0.39 is 38.9 Å². The van der Waals surface area contributed by atoms with Crippen LogP contribution in [0.5, 0.6) is 5.75 Å². The zero-order chi connectivity index (χ0) is 22.5. The normalized spacial score (nSPS) is 10.9. The Morgan fingerprint density at radius 2 is 1.70 bits per heavy atom. The van der Waals surface area contributed by atoms with Crippen molar-refractivity contribution in [1.29, 1.82) is 0 Å². The van der Waals surface area contributed by atoms with E-state index in [-0.39, 0.29) is 30.1 Å². The maximum absolute atomic E-state index is 12.7. The van der Waals surface area contributed by atoms with E-state index in [1.165, 1.54) is 19.2 Å². The van der Waals surface area contributed by atoms with Gasteiger partial charge >= 0.3 is 11.9 Å². The number of carbonyl (C=O) groups is 1. The lowest BCUT2D eigenvalue weighted by molar-refractivity contribution is -0.385. The van der Waals surface area contributed by atoms with E-state index in [1.54, 1.807) is 0 Å². The second-order valence-electron chi connectivity index (χ2n) is 5.81. The maximum atomic E-state index is 12.7. The monoisotopic (exact) mass is 428 g/mol. The first-order valence-corrected chi connectivity index (χ1v) is 8.24. The molecule has 2 aromatic carbocycles. The van der Waals surface area contributed by atoms with Crippen LogP contribution in [0, 0.1) is 20.2 Å². The molecule has 30 heavy (non-hydrogen) atoms. The van der Waals surface area contributed by atoms with Gasteiger partial charge in [0.15, 0.2) is 5.75 Å². The molecule has 0 saturated heterocycles. The fraction of sp³-hybridized carbons (Fsp3) is 0.235. The molecule has 0 heterocycles. The molecule has 2 aromatic rings. The van der Waals surface area contributed by atoms with Crippen LogP contribution >= 0.6 is 0 Å². The van der Waals surface area contributed by atoms with Crippen LogP contribution in [0.4, 0.5) is 30.2 Å². The summed E-state index contributed by atoms with van der Waals surface area (Å²) in [7, 11) is 1.24. The first kappa shape index (κ1) is 22.4. The Labute approximate surface area is 166 Å². The number of benzene rings is 2. The number of rotatable bonds is 8. The molecule has 0 bridgehead atoms. The van der Waals surface area contributed by atoms with Gasteiger partial charge in [-0.3, -0.25) is 25.0 Å². The van der Waals surface area contributed by atoms with E-state index in [0.29, 0.717) is 12.1 Å². The van der Waals surface area contributed by atoms with Crippen molar-refractivity contribution < 1.29 is 32.5 Å². The molecule has 0 aliphatic heterocycles. The highest BCUT2D eigenvalue weighted by Crippen LogP contribution is 2.34. The highest BCUT2D eigenvalue weighted by Gasteiger charge is 2.33. The number of nitro benzene ring substituents is 2. The molecule has 0 aliphatic carbocycles. The minimum atomic E-state index is -4.72. The van der Waals surface area contributed by atoms with Gasteiger partial charge in [0.05, 0.1) is 22.5 Å². The van der Waals surface area contributed by atoms with Gasteiger partial charge in [0.1, 0.15) is 5.69 Å². The van der Waals surface area contributed by atoms with Gasteiger partial charge in [0, 0.05) is 30.8 Å². The number of anilines is 1. The lowest BCUT2D eigenvalue weighted by Gasteiger charge is -2.11. The maximum Gasteiger partial charge on any atom is 0.416 e. The van der Waals surface area contributed by atoms with Crippen LogP contribution in [0.2, 0.25) is 0 Å². The summed E-state index contributed by atoms with van der Waals surface area (Å²) >= 11 is 0. The van der Waals surface area contributed by atoms with Gasteiger partial charge in [-0.25, -0.2) is 0 Å². The minimum absolute atomic E-state index is 0.0111. The quantitative estimate of drug-likeness (QED) is 0.374. The molecular formula is C17H15F3N4O6. The highest BCUT2D eigenvalue weighted by atomic mass is 19.4. The van der Waals surface area contributed by atoms with E-state index in [1.807, 2.05) is 0 Å². The largest absolute Gasteiger partial charge is 0.490 e. The SMILES string of the molecule is COc1ccc(C(=O)NCCNc2ccc(C(F)(F)F)cc2[N+](=O)[O-])cc1[N+](=O)[O-]. The van der Waals surface area contributed by atoms with Gasteiger partial charge in [-0.05, 0) is 24.3 Å². The lowest BCUT2D eigenvalue weighted by atomic mass is 10.1. The zero-order valence-corrected chi connectivity index (χ0v) is 15.4. The van der Waals surface area contributed by atoms with E-state index in [0.717, 1.165) is 12.1 Å². The summed E-state index contributed by atoms with van der Waals surface area (Å²) in [5.41, 5.74) is -2.48. The summed E-state index contributed by atoms with van der Waals surface area (Å²) in [6.45, 7) is -0.104. The molecule has 0 fully saturated rings. The van der Waals surface area contributed by atoms with E-state index in [9.17, 15) is 38.2 Å². The van der Waals surface area contributed by atoms with Crippen LogP contribution in [-0.4, -0.2) is 36.0 Å². The first-order chi connectivity index (χ1) is 14.0. The summed E-state index contributed by atoms with van der Waals surface area (Å²) in [5.74, 6) is -0.669. The zero-order valence-electron chi connectivity index (χ0n) is 15.4. The minimum Gasteiger partial charge on any atom is -0.490 e. The van der Waals surface area contributed by atoms with Gasteiger partial charge in [0.2, 0.25) is 0 Å². The predicted molar refractivity (Wildman–Crippen MR) is 98.6 cm³/mol. The highest BCUT2D eigenvalue weighted by molar-refractivity contribution is 5.95. The Balaban J connectivity index is 2.01. The molecule has 0 saturated carbocycles. The third kappa shape index (κ3) is 5.33. The van der Waals surface area contributed by atoms with Crippen molar-refractivity contribution in [2.24, 2.45) is 0 Å². The average molecular weight is 428 g/mol. The number of ether oxygens (including phenoxy) is 1. The number of alkyl halides is 3. The molecule has 0 spiro atoms. The fourth-order valence-corrected chi connectivity index (χ4v) is 2.46. The molecule has 10 nitrogen and oxygen atoms in total. The summed E-state index contributed by atoms with van der Waals surface area (Å²) in [5, 5.41) is 27.1. The Hall–Kier alpha value is -3.90. The number of carbonyl (C=O) groups excluding carboxylic acids is 1. The molecule has 0 aromatic heterocycles.